The summed E-state index contributed by atoms with van der Waals surface area (Å²) in [5.41, 5.74) is -0.274. The van der Waals surface area contributed by atoms with E-state index in [2.05, 4.69) is 23.7 Å². The van der Waals surface area contributed by atoms with Crippen molar-refractivity contribution >= 4 is 0 Å². The van der Waals surface area contributed by atoms with Crippen molar-refractivity contribution in [2.24, 2.45) is 0 Å². The first-order valence-electron chi connectivity index (χ1n) is 6.63. The van der Waals surface area contributed by atoms with Gasteiger partial charge in [0.2, 0.25) is 5.75 Å². The van der Waals surface area contributed by atoms with Gasteiger partial charge in [-0.2, -0.15) is 0 Å². The molecule has 1 aromatic rings. The van der Waals surface area contributed by atoms with Gasteiger partial charge in [0.15, 0.2) is 11.5 Å². The van der Waals surface area contributed by atoms with Crippen molar-refractivity contribution < 1.29 is 19.3 Å². The summed E-state index contributed by atoms with van der Waals surface area (Å²) in [7, 11) is 4.66. The molecule has 0 fully saturated rings. The number of benzene rings is 1. The number of hydrogen-bond acceptors (Lipinski definition) is 4. The van der Waals surface area contributed by atoms with E-state index in [1.807, 2.05) is 0 Å². The summed E-state index contributed by atoms with van der Waals surface area (Å²) >= 11 is 0. The molecule has 0 saturated carbocycles. The van der Waals surface area contributed by atoms with Crippen molar-refractivity contribution in [3.8, 4) is 40.9 Å². The number of hydrogen-bond donors (Lipinski definition) is 1. The lowest BCUT2D eigenvalue weighted by Crippen LogP contribution is -2.14. The number of aliphatic hydroxyl groups is 1. The zero-order valence-corrected chi connectivity index (χ0v) is 13.5. The molecule has 0 radical (unpaired) electrons. The van der Waals surface area contributed by atoms with E-state index in [-0.39, 0.29) is 0 Å². The fourth-order valence-electron chi connectivity index (χ4n) is 1.58. The summed E-state index contributed by atoms with van der Waals surface area (Å²) in [5, 5.41) is 9.43. The predicted octanol–water partition coefficient (Wildman–Crippen LogP) is 2.39. The third-order valence-corrected chi connectivity index (χ3v) is 2.51. The van der Waals surface area contributed by atoms with E-state index in [1.54, 1.807) is 59.5 Å². The van der Waals surface area contributed by atoms with Crippen LogP contribution in [0.5, 0.6) is 17.2 Å². The predicted molar refractivity (Wildman–Crippen MR) is 86.2 cm³/mol. The molecule has 0 unspecified atom stereocenters. The van der Waals surface area contributed by atoms with E-state index in [0.29, 0.717) is 17.2 Å². The van der Waals surface area contributed by atoms with Crippen LogP contribution in [0.4, 0.5) is 0 Å². The van der Waals surface area contributed by atoms with E-state index >= 15 is 0 Å². The quantitative estimate of drug-likeness (QED) is 0.871. The lowest BCUT2D eigenvalue weighted by Gasteiger charge is -2.12. The van der Waals surface area contributed by atoms with Crippen molar-refractivity contribution in [3.63, 3.8) is 0 Å². The van der Waals surface area contributed by atoms with Gasteiger partial charge >= 0.3 is 0 Å². The van der Waals surface area contributed by atoms with E-state index in [4.69, 9.17) is 14.2 Å². The summed E-state index contributed by atoms with van der Waals surface area (Å²) in [6.45, 7) is 3.24. The molecule has 0 aromatic heterocycles. The summed E-state index contributed by atoms with van der Waals surface area (Å²) in [6, 6.07) is 3.54. The molecule has 0 saturated heterocycles. The lowest BCUT2D eigenvalue weighted by atomic mass is 10.1. The standard InChI is InChI=1S/C18H20O4/c1-18(2,19)11-9-7-6-8-10-14-12-15(20-3)17(22-5)16(13-14)21-4/h6-7,12-13,19H,1-5H3/b7-6+. The van der Waals surface area contributed by atoms with Crippen LogP contribution in [0.15, 0.2) is 24.3 Å². The molecule has 1 aromatic carbocycles. The summed E-state index contributed by atoms with van der Waals surface area (Å²) in [4.78, 5) is 0. The van der Waals surface area contributed by atoms with Gasteiger partial charge in [0.25, 0.3) is 0 Å². The Bertz CT molecular complexity index is 633. The van der Waals surface area contributed by atoms with Crippen molar-refractivity contribution in [2.45, 2.75) is 19.4 Å². The molecule has 0 atom stereocenters. The molecule has 0 aliphatic rings. The summed E-state index contributed by atoms with van der Waals surface area (Å²) in [6.07, 6.45) is 3.20. The van der Waals surface area contributed by atoms with Gasteiger partial charge < -0.3 is 19.3 Å². The SMILES string of the molecule is COc1cc(C#C/C=C/C#CC(C)(C)O)cc(OC)c1OC. The number of methoxy groups -OCH3 is 3. The molecule has 4 nitrogen and oxygen atoms in total. The van der Waals surface area contributed by atoms with Crippen molar-refractivity contribution in [1.29, 1.82) is 0 Å². The Balaban J connectivity index is 2.98. The Hall–Kier alpha value is -2.56. The Labute approximate surface area is 131 Å². The van der Waals surface area contributed by atoms with Gasteiger partial charge in [0.1, 0.15) is 5.60 Å². The van der Waals surface area contributed by atoms with Gasteiger partial charge in [0, 0.05) is 5.56 Å². The second-order valence-corrected chi connectivity index (χ2v) is 4.85. The van der Waals surface area contributed by atoms with Crippen LogP contribution >= 0.6 is 0 Å². The highest BCUT2D eigenvalue weighted by molar-refractivity contribution is 5.57. The molecule has 116 valence electrons. The average molecular weight is 300 g/mol. The molecule has 1 N–H and O–H groups in total. The van der Waals surface area contributed by atoms with Crippen molar-refractivity contribution in [2.75, 3.05) is 21.3 Å². The molecule has 0 aliphatic heterocycles. The normalized spacial score (nSPS) is 10.3. The molecule has 0 spiro atoms. The zero-order chi connectivity index (χ0) is 16.6. The van der Waals surface area contributed by atoms with Gasteiger partial charge in [-0.15, -0.1) is 0 Å². The van der Waals surface area contributed by atoms with Crippen LogP contribution in [0.1, 0.15) is 19.4 Å². The fourth-order valence-corrected chi connectivity index (χ4v) is 1.58. The third-order valence-electron chi connectivity index (χ3n) is 2.51. The Kier molecular flexibility index (Phi) is 6.38. The monoisotopic (exact) mass is 300 g/mol. The van der Waals surface area contributed by atoms with Gasteiger partial charge in [-0.25, -0.2) is 0 Å². The molecule has 4 heteroatoms. The Morgan fingerprint density at radius 1 is 0.955 bits per heavy atom. The van der Waals surface area contributed by atoms with Crippen LogP contribution in [0, 0.1) is 23.7 Å². The van der Waals surface area contributed by atoms with Gasteiger partial charge in [-0.05, 0) is 38.1 Å². The highest BCUT2D eigenvalue weighted by Gasteiger charge is 2.11. The topological polar surface area (TPSA) is 47.9 Å². The smallest absolute Gasteiger partial charge is 0.203 e. The largest absolute Gasteiger partial charge is 0.493 e. The third kappa shape index (κ3) is 5.44. The summed E-state index contributed by atoms with van der Waals surface area (Å²) < 4.78 is 15.8. The highest BCUT2D eigenvalue weighted by atomic mass is 16.5. The molecule has 0 heterocycles. The summed E-state index contributed by atoms with van der Waals surface area (Å²) in [5.74, 6) is 12.8. The first-order chi connectivity index (χ1) is 10.4. The van der Waals surface area contributed by atoms with Crippen molar-refractivity contribution in [3.05, 3.63) is 29.8 Å². The van der Waals surface area contributed by atoms with Crippen LogP contribution in [0.2, 0.25) is 0 Å². The lowest BCUT2D eigenvalue weighted by molar-refractivity contribution is 0.143. The van der Waals surface area contributed by atoms with E-state index in [1.165, 1.54) is 0 Å². The highest BCUT2D eigenvalue weighted by Crippen LogP contribution is 2.37. The van der Waals surface area contributed by atoms with E-state index in [0.717, 1.165) is 5.56 Å². The first kappa shape index (κ1) is 17.5. The van der Waals surface area contributed by atoms with Gasteiger partial charge in [0.05, 0.1) is 21.3 Å². The van der Waals surface area contributed by atoms with Crippen LogP contribution in [-0.2, 0) is 0 Å². The second-order valence-electron chi connectivity index (χ2n) is 4.85. The molecule has 0 amide bonds. The second kappa shape index (κ2) is 8.02. The maximum Gasteiger partial charge on any atom is 0.203 e. The van der Waals surface area contributed by atoms with Crippen LogP contribution < -0.4 is 14.2 Å². The molecule has 22 heavy (non-hydrogen) atoms. The van der Waals surface area contributed by atoms with Crippen LogP contribution in [-0.4, -0.2) is 32.0 Å². The average Bonchev–Trinajstić information content (AvgIpc) is 2.48. The maximum absolute atomic E-state index is 9.43. The van der Waals surface area contributed by atoms with Gasteiger partial charge in [-0.1, -0.05) is 23.7 Å². The number of rotatable bonds is 3. The minimum atomic E-state index is -1.01. The molecule has 0 bridgehead atoms. The Morgan fingerprint density at radius 2 is 1.50 bits per heavy atom. The minimum Gasteiger partial charge on any atom is -0.493 e. The zero-order valence-electron chi connectivity index (χ0n) is 13.5. The Morgan fingerprint density at radius 3 is 1.95 bits per heavy atom. The first-order valence-corrected chi connectivity index (χ1v) is 6.63. The molecular formula is C18H20O4. The van der Waals surface area contributed by atoms with E-state index in [9.17, 15) is 5.11 Å². The minimum absolute atomic E-state index is 0.530. The molecular weight excluding hydrogens is 280 g/mol. The van der Waals surface area contributed by atoms with Gasteiger partial charge in [-0.3, -0.25) is 0 Å². The van der Waals surface area contributed by atoms with E-state index < -0.39 is 5.60 Å². The molecule has 1 rings (SSSR count). The van der Waals surface area contributed by atoms with Crippen LogP contribution in [0.3, 0.4) is 0 Å². The molecule has 0 aliphatic carbocycles. The fraction of sp³-hybridized carbons (Fsp3) is 0.333. The number of ether oxygens (including phenoxy) is 3. The maximum atomic E-state index is 9.43. The van der Waals surface area contributed by atoms with Crippen LogP contribution in [0.25, 0.3) is 0 Å². The van der Waals surface area contributed by atoms with Crippen molar-refractivity contribution in [1.82, 2.24) is 0 Å². The number of allylic oxidation sites excluding steroid dienone is 2.